The van der Waals surface area contributed by atoms with Crippen LogP contribution in [0.3, 0.4) is 0 Å². The summed E-state index contributed by atoms with van der Waals surface area (Å²) >= 11 is 7.84. The molecule has 4 atom stereocenters. The molecule has 1 unspecified atom stereocenters. The van der Waals surface area contributed by atoms with Crippen LogP contribution in [-0.2, 0) is 9.59 Å². The summed E-state index contributed by atoms with van der Waals surface area (Å²) in [4.78, 5) is 48.4. The number of carbonyl (C=O) groups is 3. The smallest absolute Gasteiger partial charge is 0.251 e. The van der Waals surface area contributed by atoms with Crippen molar-refractivity contribution in [3.63, 3.8) is 0 Å². The van der Waals surface area contributed by atoms with Crippen LogP contribution in [0.25, 0.3) is 10.4 Å². The van der Waals surface area contributed by atoms with Crippen molar-refractivity contribution >= 4 is 46.3 Å². The van der Waals surface area contributed by atoms with Gasteiger partial charge < -0.3 is 35.4 Å². The topological polar surface area (TPSA) is 184 Å². The van der Waals surface area contributed by atoms with Crippen LogP contribution in [0.4, 0.5) is 5.69 Å². The largest absolute Gasteiger partial charge is 0.489 e. The fourth-order valence-corrected chi connectivity index (χ4v) is 11.1. The van der Waals surface area contributed by atoms with E-state index in [9.17, 15) is 24.8 Å². The zero-order valence-corrected chi connectivity index (χ0v) is 41.7. The molecule has 0 spiro atoms. The van der Waals surface area contributed by atoms with Gasteiger partial charge in [0.25, 0.3) is 5.91 Å². The molecule has 3 heterocycles. The first-order valence-electron chi connectivity index (χ1n) is 23.4. The number of aliphatic hydroxyl groups is 1. The zero-order valence-electron chi connectivity index (χ0n) is 40.1. The van der Waals surface area contributed by atoms with Crippen LogP contribution in [-0.4, -0.2) is 86.5 Å². The number of ether oxygens (including phenoxy) is 2. The Hall–Kier alpha value is -5.95. The Balaban J connectivity index is 0.846. The van der Waals surface area contributed by atoms with Crippen molar-refractivity contribution in [2.75, 3.05) is 25.0 Å². The van der Waals surface area contributed by atoms with Crippen LogP contribution in [0.1, 0.15) is 113 Å². The molecule has 16 heteroatoms. The standard InChI is InChI=1S/C52H63ClN8O6S/c1-31(2)44(48(65)60-29-39(62)26-42(60)47(64)58-32(3)34-12-14-35(15-13-34)45-33(4)56-30-68-45)61-43(22-24-57-61)66-25-11-9-10-23-55-38-19-16-36(17-20-38)46(63)59-49-51(5,6)50(52(49,7)8)67-40-21-18-37(28-54)41(53)27-40/h12-22,24,27,30-32,39,42,44,49-50,55,62H,9-11,23,25-26,29H2,1-8H3,(H,58,64)(H,59,63)/t32-,39+,42-,44?,49?,50?/m0/s1. The van der Waals surface area contributed by atoms with Crippen molar-refractivity contribution in [3.8, 4) is 28.1 Å². The van der Waals surface area contributed by atoms with Gasteiger partial charge in [-0.2, -0.15) is 10.4 Å². The molecule has 2 fully saturated rings. The minimum absolute atomic E-state index is 0.0525. The second-order valence-corrected chi connectivity index (χ2v) is 20.8. The van der Waals surface area contributed by atoms with Gasteiger partial charge in [-0.25, -0.2) is 9.67 Å². The maximum Gasteiger partial charge on any atom is 0.251 e. The molecule has 0 bridgehead atoms. The van der Waals surface area contributed by atoms with Gasteiger partial charge in [0.2, 0.25) is 17.7 Å². The Labute approximate surface area is 408 Å². The zero-order chi connectivity index (χ0) is 48.9. The van der Waals surface area contributed by atoms with E-state index < -0.39 is 18.2 Å². The maximum absolute atomic E-state index is 14.3. The third-order valence-corrected chi connectivity index (χ3v) is 14.7. The summed E-state index contributed by atoms with van der Waals surface area (Å²) in [7, 11) is 0. The van der Waals surface area contributed by atoms with Crippen LogP contribution in [0.5, 0.6) is 11.6 Å². The van der Waals surface area contributed by atoms with E-state index in [-0.39, 0.29) is 65.6 Å². The number of β-amino-alcohol motifs (C(OH)–C–C–N with tert-alkyl or cyclic N) is 1. The molecule has 360 valence electrons. The molecule has 4 N–H and O–H groups in total. The number of benzene rings is 3. The van der Waals surface area contributed by atoms with Crippen molar-refractivity contribution in [3.05, 3.63) is 112 Å². The number of hydrogen-bond donors (Lipinski definition) is 4. The highest BCUT2D eigenvalue weighted by Gasteiger charge is 2.64. The van der Waals surface area contributed by atoms with Gasteiger partial charge in [0.1, 0.15) is 30.0 Å². The van der Waals surface area contributed by atoms with Gasteiger partial charge in [0.15, 0.2) is 0 Å². The molecular weight excluding hydrogens is 900 g/mol. The van der Waals surface area contributed by atoms with Gasteiger partial charge in [-0.1, -0.05) is 77.4 Å². The number of amides is 3. The van der Waals surface area contributed by atoms with Crippen molar-refractivity contribution in [1.82, 2.24) is 30.3 Å². The number of anilines is 1. The first-order chi connectivity index (χ1) is 32.4. The summed E-state index contributed by atoms with van der Waals surface area (Å²) in [6.45, 7) is 17.3. The Morgan fingerprint density at radius 1 is 0.985 bits per heavy atom. The second kappa shape index (κ2) is 21.1. The number of aromatic nitrogens is 3. The SMILES string of the molecule is Cc1ncsc1-c1ccc([C@H](C)NC(=O)[C@@H]2C[C@@H](O)CN2C(=O)C(C(C)C)n2nccc2OCCCCCNc2ccc(C(=O)NC3C(C)(C)C(Oc4ccc(C#N)c(Cl)c4)C3(C)C)cc2)cc1. The third kappa shape index (κ3) is 10.8. The average molecular weight is 964 g/mol. The van der Waals surface area contributed by atoms with Crippen LogP contribution in [0.15, 0.2) is 84.5 Å². The normalized spacial score (nSPS) is 20.2. The minimum Gasteiger partial charge on any atom is -0.489 e. The number of hydrogen-bond acceptors (Lipinski definition) is 11. The van der Waals surface area contributed by atoms with Gasteiger partial charge in [0.05, 0.1) is 51.6 Å². The number of nitriles is 1. The average Bonchev–Trinajstić information content (AvgIpc) is 4.06. The molecule has 2 aliphatic rings. The predicted molar refractivity (Wildman–Crippen MR) is 265 cm³/mol. The predicted octanol–water partition coefficient (Wildman–Crippen LogP) is 9.15. The minimum atomic E-state index is -0.831. The van der Waals surface area contributed by atoms with Crippen LogP contribution >= 0.6 is 22.9 Å². The number of carbonyl (C=O) groups excluding carboxylic acids is 3. The number of thiazole rings is 1. The Bertz CT molecular complexity index is 2590. The van der Waals surface area contributed by atoms with E-state index >= 15 is 0 Å². The van der Waals surface area contributed by atoms with E-state index in [4.69, 9.17) is 21.1 Å². The summed E-state index contributed by atoms with van der Waals surface area (Å²) in [5.74, 6) is 0.115. The molecule has 5 aromatic rings. The molecule has 1 saturated carbocycles. The van der Waals surface area contributed by atoms with E-state index in [1.807, 2.05) is 81.7 Å². The lowest BCUT2D eigenvalue weighted by Gasteiger charge is -2.63. The molecule has 7 rings (SSSR count). The molecule has 1 aliphatic heterocycles. The Morgan fingerprint density at radius 2 is 1.71 bits per heavy atom. The molecule has 14 nitrogen and oxygen atoms in total. The van der Waals surface area contributed by atoms with Gasteiger partial charge in [-0.3, -0.25) is 14.4 Å². The summed E-state index contributed by atoms with van der Waals surface area (Å²) in [5, 5.41) is 34.6. The molecule has 68 heavy (non-hydrogen) atoms. The molecule has 0 radical (unpaired) electrons. The highest BCUT2D eigenvalue weighted by atomic mass is 35.5. The quantitative estimate of drug-likeness (QED) is 0.0583. The molecular formula is C52H63ClN8O6S. The van der Waals surface area contributed by atoms with E-state index in [0.717, 1.165) is 53.2 Å². The van der Waals surface area contributed by atoms with Gasteiger partial charge >= 0.3 is 0 Å². The number of nitrogens with one attached hydrogen (secondary N) is 3. The van der Waals surface area contributed by atoms with Crippen LogP contribution in [0, 0.1) is 35.0 Å². The summed E-state index contributed by atoms with van der Waals surface area (Å²) in [6, 6.07) is 22.3. The molecule has 3 aromatic carbocycles. The molecule has 3 amide bonds. The van der Waals surface area contributed by atoms with Gasteiger partial charge in [0, 0.05) is 59.8 Å². The van der Waals surface area contributed by atoms with Gasteiger partial charge in [-0.15, -0.1) is 11.3 Å². The number of nitrogens with zero attached hydrogens (tertiary/aromatic N) is 5. The highest BCUT2D eigenvalue weighted by molar-refractivity contribution is 7.13. The summed E-state index contributed by atoms with van der Waals surface area (Å²) in [6.07, 6.45) is 3.29. The van der Waals surface area contributed by atoms with E-state index in [2.05, 4.69) is 59.8 Å². The Morgan fingerprint density at radius 3 is 2.35 bits per heavy atom. The lowest BCUT2D eigenvalue weighted by atomic mass is 9.49. The van der Waals surface area contributed by atoms with Crippen molar-refractivity contribution < 1.29 is 29.0 Å². The number of halogens is 1. The van der Waals surface area contributed by atoms with Crippen molar-refractivity contribution in [2.45, 2.75) is 117 Å². The Kier molecular flexibility index (Phi) is 15.5. The number of likely N-dealkylation sites (tertiary alicyclic amines) is 1. The number of aryl methyl sites for hydroxylation is 1. The number of unbranched alkanes of at least 4 members (excludes halogenated alkanes) is 2. The number of aliphatic hydroxyl groups excluding tert-OH is 1. The lowest BCUT2D eigenvalue weighted by molar-refractivity contribution is -0.164. The molecule has 2 aromatic heterocycles. The maximum atomic E-state index is 14.3. The van der Waals surface area contributed by atoms with E-state index in [0.29, 0.717) is 34.4 Å². The third-order valence-electron chi connectivity index (χ3n) is 13.4. The second-order valence-electron chi connectivity index (χ2n) is 19.5. The highest BCUT2D eigenvalue weighted by Crippen LogP contribution is 2.55. The van der Waals surface area contributed by atoms with Gasteiger partial charge in [-0.05, 0) is 86.6 Å². The summed E-state index contributed by atoms with van der Waals surface area (Å²) < 4.78 is 14.2. The fourth-order valence-electron chi connectivity index (χ4n) is 10.0. The van der Waals surface area contributed by atoms with Crippen molar-refractivity contribution in [2.24, 2.45) is 16.7 Å². The first-order valence-corrected chi connectivity index (χ1v) is 24.6. The number of rotatable bonds is 19. The first kappa shape index (κ1) is 49.9. The van der Waals surface area contributed by atoms with Crippen LogP contribution in [0.2, 0.25) is 5.02 Å². The van der Waals surface area contributed by atoms with E-state index in [1.165, 1.54) is 4.90 Å². The molecule has 1 aliphatic carbocycles. The van der Waals surface area contributed by atoms with Crippen LogP contribution < -0.4 is 25.4 Å². The fraction of sp³-hybridized carbons (Fsp3) is 0.462. The monoisotopic (exact) mass is 962 g/mol. The summed E-state index contributed by atoms with van der Waals surface area (Å²) in [5.41, 5.74) is 5.93. The van der Waals surface area contributed by atoms with E-state index in [1.54, 1.807) is 46.5 Å². The lowest BCUT2D eigenvalue weighted by Crippen LogP contribution is -2.74. The van der Waals surface area contributed by atoms with Crippen molar-refractivity contribution in [1.29, 1.82) is 5.26 Å². The molecule has 1 saturated heterocycles.